The zero-order valence-electron chi connectivity index (χ0n) is 9.84. The number of ketones is 1. The van der Waals surface area contributed by atoms with Gasteiger partial charge in [0.25, 0.3) is 0 Å². The summed E-state index contributed by atoms with van der Waals surface area (Å²) in [6.45, 7) is 1.82. The third kappa shape index (κ3) is 2.65. The lowest BCUT2D eigenvalue weighted by Gasteiger charge is -2.05. The predicted molar refractivity (Wildman–Crippen MR) is 70.3 cm³/mol. The number of carbonyl (C=O) groups excluding carboxylic acids is 1. The SMILES string of the molecule is Cc1cc(C(=O)c2cccs2)ccc1CC(=O)O. The van der Waals surface area contributed by atoms with Gasteiger partial charge in [-0.3, -0.25) is 9.59 Å². The minimum Gasteiger partial charge on any atom is -0.481 e. The monoisotopic (exact) mass is 260 g/mol. The molecule has 0 unspecified atom stereocenters. The van der Waals surface area contributed by atoms with Gasteiger partial charge in [-0.15, -0.1) is 11.3 Å². The summed E-state index contributed by atoms with van der Waals surface area (Å²) in [5.41, 5.74) is 2.18. The molecule has 1 N–H and O–H groups in total. The van der Waals surface area contributed by atoms with Crippen LogP contribution in [0.25, 0.3) is 0 Å². The Labute approximate surface area is 109 Å². The fourth-order valence-corrected chi connectivity index (χ4v) is 2.43. The van der Waals surface area contributed by atoms with E-state index in [0.29, 0.717) is 10.4 Å². The molecule has 0 spiro atoms. The number of aliphatic carboxylic acids is 1. The Kier molecular flexibility index (Phi) is 3.58. The van der Waals surface area contributed by atoms with Gasteiger partial charge in [0.15, 0.2) is 0 Å². The average Bonchev–Trinajstić information content (AvgIpc) is 2.84. The van der Waals surface area contributed by atoms with Crippen molar-refractivity contribution >= 4 is 23.1 Å². The highest BCUT2D eigenvalue weighted by Gasteiger charge is 2.12. The molecular weight excluding hydrogens is 248 g/mol. The molecule has 0 aliphatic heterocycles. The Morgan fingerprint density at radius 2 is 2.06 bits per heavy atom. The summed E-state index contributed by atoms with van der Waals surface area (Å²) in [5, 5.41) is 10.6. The lowest BCUT2D eigenvalue weighted by Crippen LogP contribution is -2.04. The second-order valence-corrected chi connectivity index (χ2v) is 4.97. The minimum absolute atomic E-state index is 0.0146. The molecule has 0 saturated heterocycles. The van der Waals surface area contributed by atoms with E-state index in [4.69, 9.17) is 5.11 Å². The van der Waals surface area contributed by atoms with Crippen molar-refractivity contribution in [2.75, 3.05) is 0 Å². The molecule has 0 atom stereocenters. The summed E-state index contributed by atoms with van der Waals surface area (Å²) in [6.07, 6.45) is -0.0146. The molecule has 0 saturated carbocycles. The van der Waals surface area contributed by atoms with E-state index < -0.39 is 5.97 Å². The fraction of sp³-hybridized carbons (Fsp3) is 0.143. The van der Waals surface area contributed by atoms with Gasteiger partial charge in [0, 0.05) is 5.56 Å². The van der Waals surface area contributed by atoms with E-state index in [1.807, 2.05) is 18.4 Å². The van der Waals surface area contributed by atoms with E-state index in [-0.39, 0.29) is 12.2 Å². The maximum Gasteiger partial charge on any atom is 0.307 e. The molecule has 2 rings (SSSR count). The number of rotatable bonds is 4. The molecule has 4 heteroatoms. The van der Waals surface area contributed by atoms with Gasteiger partial charge in [0.05, 0.1) is 11.3 Å². The van der Waals surface area contributed by atoms with Gasteiger partial charge >= 0.3 is 5.97 Å². The average molecular weight is 260 g/mol. The molecule has 1 heterocycles. The molecule has 0 aliphatic carbocycles. The number of carbonyl (C=O) groups is 2. The number of benzene rings is 1. The maximum atomic E-state index is 12.1. The molecule has 1 aromatic carbocycles. The molecular formula is C14H12O3S. The number of thiophene rings is 1. The second-order valence-electron chi connectivity index (χ2n) is 4.02. The van der Waals surface area contributed by atoms with E-state index >= 15 is 0 Å². The van der Waals surface area contributed by atoms with Crippen molar-refractivity contribution in [1.82, 2.24) is 0 Å². The van der Waals surface area contributed by atoms with E-state index in [1.54, 1.807) is 24.3 Å². The van der Waals surface area contributed by atoms with Crippen molar-refractivity contribution in [3.05, 3.63) is 57.3 Å². The number of carboxylic acids is 1. The Balaban J connectivity index is 2.29. The van der Waals surface area contributed by atoms with E-state index in [2.05, 4.69) is 0 Å². The summed E-state index contributed by atoms with van der Waals surface area (Å²) in [6, 6.07) is 8.77. The van der Waals surface area contributed by atoms with Crippen LogP contribution in [0.4, 0.5) is 0 Å². The van der Waals surface area contributed by atoms with Crippen LogP contribution in [-0.2, 0) is 11.2 Å². The van der Waals surface area contributed by atoms with Gasteiger partial charge in [0.1, 0.15) is 0 Å². The number of aryl methyl sites for hydroxylation is 1. The first-order valence-corrected chi connectivity index (χ1v) is 6.35. The summed E-state index contributed by atoms with van der Waals surface area (Å²) >= 11 is 1.40. The van der Waals surface area contributed by atoms with Gasteiger partial charge < -0.3 is 5.11 Å². The van der Waals surface area contributed by atoms with Crippen LogP contribution in [0.5, 0.6) is 0 Å². The van der Waals surface area contributed by atoms with Crippen molar-refractivity contribution in [2.45, 2.75) is 13.3 Å². The van der Waals surface area contributed by atoms with Crippen LogP contribution in [0.15, 0.2) is 35.7 Å². The Morgan fingerprint density at radius 3 is 2.61 bits per heavy atom. The quantitative estimate of drug-likeness (QED) is 0.860. The summed E-state index contributed by atoms with van der Waals surface area (Å²) < 4.78 is 0. The van der Waals surface area contributed by atoms with Gasteiger partial charge in [-0.2, -0.15) is 0 Å². The second kappa shape index (κ2) is 5.14. The molecule has 0 bridgehead atoms. The molecule has 0 fully saturated rings. The molecule has 92 valence electrons. The molecule has 3 nitrogen and oxygen atoms in total. The minimum atomic E-state index is -0.865. The van der Waals surface area contributed by atoms with Gasteiger partial charge in [-0.1, -0.05) is 18.2 Å². The maximum absolute atomic E-state index is 12.1. The topological polar surface area (TPSA) is 54.4 Å². The van der Waals surface area contributed by atoms with Crippen LogP contribution in [0, 0.1) is 6.92 Å². The van der Waals surface area contributed by atoms with Crippen LogP contribution in [0.2, 0.25) is 0 Å². The van der Waals surface area contributed by atoms with Gasteiger partial charge in [0.2, 0.25) is 5.78 Å². The smallest absolute Gasteiger partial charge is 0.307 e. The summed E-state index contributed by atoms with van der Waals surface area (Å²) in [5.74, 6) is -0.884. The Morgan fingerprint density at radius 1 is 1.28 bits per heavy atom. The van der Waals surface area contributed by atoms with Gasteiger partial charge in [-0.25, -0.2) is 0 Å². The number of hydrogen-bond acceptors (Lipinski definition) is 3. The third-order valence-corrected chi connectivity index (χ3v) is 3.56. The van der Waals surface area contributed by atoms with Crippen LogP contribution >= 0.6 is 11.3 Å². The van der Waals surface area contributed by atoms with Crippen molar-refractivity contribution < 1.29 is 14.7 Å². The van der Waals surface area contributed by atoms with E-state index in [0.717, 1.165) is 11.1 Å². The molecule has 0 aliphatic rings. The first-order chi connectivity index (χ1) is 8.58. The summed E-state index contributed by atoms with van der Waals surface area (Å²) in [7, 11) is 0. The Hall–Kier alpha value is -1.94. The molecule has 0 radical (unpaired) electrons. The largest absolute Gasteiger partial charge is 0.481 e. The highest BCUT2D eigenvalue weighted by molar-refractivity contribution is 7.12. The molecule has 0 amide bonds. The van der Waals surface area contributed by atoms with Crippen molar-refractivity contribution in [2.24, 2.45) is 0 Å². The molecule has 2 aromatic rings. The van der Waals surface area contributed by atoms with Gasteiger partial charge in [-0.05, 0) is 35.6 Å². The van der Waals surface area contributed by atoms with E-state index in [9.17, 15) is 9.59 Å². The number of carboxylic acid groups (broad SMARTS) is 1. The van der Waals surface area contributed by atoms with Crippen molar-refractivity contribution in [1.29, 1.82) is 0 Å². The number of hydrogen-bond donors (Lipinski definition) is 1. The standard InChI is InChI=1S/C14H12O3S/c1-9-7-11(5-4-10(9)8-13(15)16)14(17)12-3-2-6-18-12/h2-7H,8H2,1H3,(H,15,16). The zero-order chi connectivity index (χ0) is 13.1. The van der Waals surface area contributed by atoms with Crippen molar-refractivity contribution in [3.63, 3.8) is 0 Å². The lowest BCUT2D eigenvalue weighted by molar-refractivity contribution is -0.136. The van der Waals surface area contributed by atoms with Crippen LogP contribution < -0.4 is 0 Å². The van der Waals surface area contributed by atoms with Crippen LogP contribution in [0.3, 0.4) is 0 Å². The van der Waals surface area contributed by atoms with Crippen LogP contribution in [0.1, 0.15) is 26.4 Å². The fourth-order valence-electron chi connectivity index (χ4n) is 1.75. The molecule has 18 heavy (non-hydrogen) atoms. The first-order valence-electron chi connectivity index (χ1n) is 5.47. The zero-order valence-corrected chi connectivity index (χ0v) is 10.7. The molecule has 1 aromatic heterocycles. The lowest BCUT2D eigenvalue weighted by atomic mass is 10.00. The third-order valence-electron chi connectivity index (χ3n) is 2.69. The van der Waals surface area contributed by atoms with Crippen molar-refractivity contribution in [3.8, 4) is 0 Å². The highest BCUT2D eigenvalue weighted by Crippen LogP contribution is 2.18. The Bertz CT molecular complexity index is 585. The normalized spacial score (nSPS) is 10.3. The first kappa shape index (κ1) is 12.5. The predicted octanol–water partition coefficient (Wildman–Crippen LogP) is 2.91. The highest BCUT2D eigenvalue weighted by atomic mass is 32.1. The van der Waals surface area contributed by atoms with Crippen LogP contribution in [-0.4, -0.2) is 16.9 Å². The van der Waals surface area contributed by atoms with E-state index in [1.165, 1.54) is 11.3 Å². The summed E-state index contributed by atoms with van der Waals surface area (Å²) in [4.78, 5) is 23.4.